The molecule has 2 unspecified atom stereocenters. The van der Waals surface area contributed by atoms with Crippen molar-refractivity contribution >= 4 is 15.9 Å². The molecule has 1 aromatic heterocycles. The molecule has 5 heteroatoms. The highest BCUT2D eigenvalue weighted by atomic mass is 79.9. The van der Waals surface area contributed by atoms with E-state index in [0.717, 1.165) is 29.6 Å². The Balaban J connectivity index is 1.99. The minimum Gasteiger partial charge on any atom is -0.378 e. The van der Waals surface area contributed by atoms with Crippen molar-refractivity contribution in [3.05, 3.63) is 16.4 Å². The fraction of sp³-hybridized carbons (Fsp3) is 0.727. The Morgan fingerprint density at radius 1 is 1.69 bits per heavy atom. The van der Waals surface area contributed by atoms with Crippen LogP contribution in [0.25, 0.3) is 0 Å². The SMILES string of the molecule is Cn1ncc(Br)c1C(N)CC1CCCCO1. The van der Waals surface area contributed by atoms with Gasteiger partial charge in [0.2, 0.25) is 0 Å². The van der Waals surface area contributed by atoms with Crippen LogP contribution in [0, 0.1) is 0 Å². The van der Waals surface area contributed by atoms with E-state index in [1.165, 1.54) is 12.8 Å². The average molecular weight is 288 g/mol. The predicted octanol–water partition coefficient (Wildman–Crippen LogP) is 2.14. The topological polar surface area (TPSA) is 53.1 Å². The first-order valence-electron chi connectivity index (χ1n) is 5.73. The summed E-state index contributed by atoms with van der Waals surface area (Å²) in [5, 5.41) is 4.18. The Morgan fingerprint density at radius 3 is 3.06 bits per heavy atom. The predicted molar refractivity (Wildman–Crippen MR) is 66.0 cm³/mol. The zero-order chi connectivity index (χ0) is 11.5. The van der Waals surface area contributed by atoms with E-state index in [0.29, 0.717) is 6.10 Å². The Hall–Kier alpha value is -0.390. The second-order valence-corrected chi connectivity index (χ2v) is 5.19. The summed E-state index contributed by atoms with van der Waals surface area (Å²) in [5.41, 5.74) is 7.25. The van der Waals surface area contributed by atoms with E-state index in [-0.39, 0.29) is 6.04 Å². The van der Waals surface area contributed by atoms with Gasteiger partial charge in [-0.15, -0.1) is 0 Å². The lowest BCUT2D eigenvalue weighted by molar-refractivity contribution is 0.00687. The van der Waals surface area contributed by atoms with Gasteiger partial charge in [0.25, 0.3) is 0 Å². The normalized spacial score (nSPS) is 23.3. The Bertz CT molecular complexity index is 327. The van der Waals surface area contributed by atoms with E-state index in [2.05, 4.69) is 21.0 Å². The molecule has 1 aliphatic heterocycles. The van der Waals surface area contributed by atoms with Gasteiger partial charge < -0.3 is 10.5 Å². The fourth-order valence-electron chi connectivity index (χ4n) is 2.23. The molecule has 2 N–H and O–H groups in total. The minimum absolute atomic E-state index is 0.00928. The first-order valence-corrected chi connectivity index (χ1v) is 6.52. The molecule has 0 aliphatic carbocycles. The lowest BCUT2D eigenvalue weighted by Crippen LogP contribution is -2.26. The van der Waals surface area contributed by atoms with Crippen molar-refractivity contribution in [3.63, 3.8) is 0 Å². The quantitative estimate of drug-likeness (QED) is 0.927. The van der Waals surface area contributed by atoms with Crippen molar-refractivity contribution in [3.8, 4) is 0 Å². The van der Waals surface area contributed by atoms with Gasteiger partial charge in [-0.25, -0.2) is 0 Å². The van der Waals surface area contributed by atoms with Gasteiger partial charge in [0.15, 0.2) is 0 Å². The van der Waals surface area contributed by atoms with Gasteiger partial charge in [-0.1, -0.05) is 0 Å². The van der Waals surface area contributed by atoms with Gasteiger partial charge in [-0.2, -0.15) is 5.10 Å². The maximum atomic E-state index is 6.20. The van der Waals surface area contributed by atoms with Gasteiger partial charge in [0.1, 0.15) is 0 Å². The third kappa shape index (κ3) is 2.64. The smallest absolute Gasteiger partial charge is 0.0691 e. The van der Waals surface area contributed by atoms with Gasteiger partial charge in [-0.05, 0) is 41.6 Å². The zero-order valence-electron chi connectivity index (χ0n) is 9.53. The van der Waals surface area contributed by atoms with Crippen LogP contribution in [-0.4, -0.2) is 22.5 Å². The van der Waals surface area contributed by atoms with Crippen LogP contribution in [0.5, 0.6) is 0 Å². The molecular formula is C11H18BrN3O. The Labute approximate surface area is 104 Å². The maximum Gasteiger partial charge on any atom is 0.0691 e. The van der Waals surface area contributed by atoms with E-state index in [9.17, 15) is 0 Å². The fourth-order valence-corrected chi connectivity index (χ4v) is 2.87. The summed E-state index contributed by atoms with van der Waals surface area (Å²) in [7, 11) is 1.92. The largest absolute Gasteiger partial charge is 0.378 e. The summed E-state index contributed by atoms with van der Waals surface area (Å²) in [6.07, 6.45) is 6.54. The van der Waals surface area contributed by atoms with Crippen molar-refractivity contribution in [1.82, 2.24) is 9.78 Å². The van der Waals surface area contributed by atoms with Crippen LogP contribution in [0.1, 0.15) is 37.4 Å². The molecule has 0 aromatic carbocycles. The Morgan fingerprint density at radius 2 is 2.50 bits per heavy atom. The standard InChI is InChI=1S/C11H18BrN3O/c1-15-11(9(12)7-14-15)10(13)6-8-4-2-3-5-16-8/h7-8,10H,2-6,13H2,1H3. The second kappa shape index (κ2) is 5.29. The monoisotopic (exact) mass is 287 g/mol. The van der Waals surface area contributed by atoms with Gasteiger partial charge in [-0.3, -0.25) is 4.68 Å². The number of halogens is 1. The van der Waals surface area contributed by atoms with Crippen LogP contribution < -0.4 is 5.73 Å². The number of nitrogens with zero attached hydrogens (tertiary/aromatic N) is 2. The van der Waals surface area contributed by atoms with Crippen LogP contribution in [0.4, 0.5) is 0 Å². The van der Waals surface area contributed by atoms with Crippen LogP contribution in [0.2, 0.25) is 0 Å². The molecule has 90 valence electrons. The summed E-state index contributed by atoms with van der Waals surface area (Å²) < 4.78 is 8.52. The third-order valence-electron chi connectivity index (χ3n) is 3.08. The molecule has 1 aromatic rings. The third-order valence-corrected chi connectivity index (χ3v) is 3.69. The minimum atomic E-state index is -0.00928. The van der Waals surface area contributed by atoms with E-state index in [4.69, 9.17) is 10.5 Å². The Kier molecular flexibility index (Phi) is 4.00. The van der Waals surface area contributed by atoms with E-state index in [1.807, 2.05) is 11.7 Å². The molecule has 2 atom stereocenters. The molecule has 4 nitrogen and oxygen atoms in total. The maximum absolute atomic E-state index is 6.20. The molecule has 0 bridgehead atoms. The van der Waals surface area contributed by atoms with Crippen molar-refractivity contribution in [1.29, 1.82) is 0 Å². The van der Waals surface area contributed by atoms with Gasteiger partial charge >= 0.3 is 0 Å². The number of aromatic nitrogens is 2. The summed E-state index contributed by atoms with van der Waals surface area (Å²) in [6, 6.07) is -0.00928. The van der Waals surface area contributed by atoms with Gasteiger partial charge in [0, 0.05) is 13.7 Å². The number of aryl methyl sites for hydroxylation is 1. The molecule has 0 amide bonds. The summed E-state index contributed by atoms with van der Waals surface area (Å²) >= 11 is 3.48. The molecule has 16 heavy (non-hydrogen) atoms. The van der Waals surface area contributed by atoms with E-state index in [1.54, 1.807) is 6.20 Å². The van der Waals surface area contributed by atoms with Gasteiger partial charge in [0.05, 0.1) is 28.5 Å². The number of ether oxygens (including phenoxy) is 1. The molecular weight excluding hydrogens is 270 g/mol. The molecule has 2 rings (SSSR count). The number of hydrogen-bond acceptors (Lipinski definition) is 3. The van der Waals surface area contributed by atoms with Crippen LogP contribution >= 0.6 is 15.9 Å². The highest BCUT2D eigenvalue weighted by molar-refractivity contribution is 9.10. The van der Waals surface area contributed by atoms with Crippen molar-refractivity contribution in [2.75, 3.05) is 6.61 Å². The van der Waals surface area contributed by atoms with Crippen molar-refractivity contribution in [2.45, 2.75) is 37.8 Å². The summed E-state index contributed by atoms with van der Waals surface area (Å²) in [6.45, 7) is 0.879. The molecule has 2 heterocycles. The van der Waals surface area contributed by atoms with E-state index < -0.39 is 0 Å². The van der Waals surface area contributed by atoms with Crippen molar-refractivity contribution < 1.29 is 4.74 Å². The molecule has 1 fully saturated rings. The number of rotatable bonds is 3. The molecule has 0 radical (unpaired) electrons. The molecule has 0 spiro atoms. The molecule has 1 saturated heterocycles. The summed E-state index contributed by atoms with van der Waals surface area (Å²) in [5.74, 6) is 0. The van der Waals surface area contributed by atoms with Crippen molar-refractivity contribution in [2.24, 2.45) is 12.8 Å². The second-order valence-electron chi connectivity index (χ2n) is 4.33. The van der Waals surface area contributed by atoms with Crippen LogP contribution in [-0.2, 0) is 11.8 Å². The van der Waals surface area contributed by atoms with Crippen LogP contribution in [0.15, 0.2) is 10.7 Å². The molecule has 1 aliphatic rings. The first-order chi connectivity index (χ1) is 7.68. The highest BCUT2D eigenvalue weighted by Crippen LogP contribution is 2.27. The number of hydrogen-bond donors (Lipinski definition) is 1. The average Bonchev–Trinajstić information content (AvgIpc) is 2.60. The van der Waals surface area contributed by atoms with Crippen LogP contribution in [0.3, 0.4) is 0 Å². The zero-order valence-corrected chi connectivity index (χ0v) is 11.1. The first kappa shape index (κ1) is 12.1. The molecule has 0 saturated carbocycles. The lowest BCUT2D eigenvalue weighted by Gasteiger charge is -2.25. The lowest BCUT2D eigenvalue weighted by atomic mass is 10.0. The van der Waals surface area contributed by atoms with E-state index >= 15 is 0 Å². The summed E-state index contributed by atoms with van der Waals surface area (Å²) in [4.78, 5) is 0. The number of nitrogens with two attached hydrogens (primary N) is 1. The highest BCUT2D eigenvalue weighted by Gasteiger charge is 2.21.